The van der Waals surface area contributed by atoms with Crippen LogP contribution >= 0.6 is 0 Å². The first kappa shape index (κ1) is 18.2. The number of benzene rings is 2. The highest BCUT2D eigenvalue weighted by Crippen LogP contribution is 2.27. The zero-order valence-electron chi connectivity index (χ0n) is 14.2. The Kier molecular flexibility index (Phi) is 6.28. The minimum absolute atomic E-state index is 0.0480. The van der Waals surface area contributed by atoms with E-state index in [1.807, 2.05) is 6.07 Å². The summed E-state index contributed by atoms with van der Waals surface area (Å²) in [5.41, 5.74) is 1.63. The van der Waals surface area contributed by atoms with Gasteiger partial charge in [-0.25, -0.2) is 0 Å². The van der Waals surface area contributed by atoms with E-state index in [2.05, 4.69) is 5.32 Å². The minimum atomic E-state index is -0.232. The number of phenolic OH excluding ortho intramolecular Hbond substituents is 2. The van der Waals surface area contributed by atoms with Crippen molar-refractivity contribution in [2.24, 2.45) is 0 Å². The molecule has 0 saturated carbocycles. The van der Waals surface area contributed by atoms with Crippen LogP contribution in [-0.4, -0.2) is 36.9 Å². The van der Waals surface area contributed by atoms with Gasteiger partial charge in [0.1, 0.15) is 0 Å². The van der Waals surface area contributed by atoms with Crippen LogP contribution < -0.4 is 14.8 Å². The summed E-state index contributed by atoms with van der Waals surface area (Å²) in [5, 5.41) is 22.0. The normalized spacial score (nSPS) is 10.6. The van der Waals surface area contributed by atoms with Gasteiger partial charge in [0.2, 0.25) is 5.91 Å². The van der Waals surface area contributed by atoms with Crippen molar-refractivity contribution in [2.45, 2.75) is 6.42 Å². The molecule has 0 bridgehead atoms. The number of methoxy groups -OCH3 is 2. The van der Waals surface area contributed by atoms with E-state index in [1.165, 1.54) is 26.4 Å². The Morgan fingerprint density at radius 1 is 1.04 bits per heavy atom. The van der Waals surface area contributed by atoms with Crippen LogP contribution in [0.3, 0.4) is 0 Å². The standard InChI is InChI=1S/C19H21NO5/c1-24-17-7-4-14(11-16(17)22)9-10-20-19(23)8-5-13-3-6-15(21)18(12-13)25-2/h3-8,11-12,21-22H,9-10H2,1-2H3,(H,20,23)/b8-5+. The average Bonchev–Trinajstić information content (AvgIpc) is 2.61. The lowest BCUT2D eigenvalue weighted by Gasteiger charge is -2.07. The summed E-state index contributed by atoms with van der Waals surface area (Å²) in [5.74, 6) is 0.658. The first-order valence-corrected chi connectivity index (χ1v) is 7.72. The molecule has 0 radical (unpaired) electrons. The van der Waals surface area contributed by atoms with Crippen molar-refractivity contribution in [1.29, 1.82) is 0 Å². The second kappa shape index (κ2) is 8.63. The summed E-state index contributed by atoms with van der Waals surface area (Å²) in [4.78, 5) is 11.8. The van der Waals surface area contributed by atoms with E-state index >= 15 is 0 Å². The van der Waals surface area contributed by atoms with E-state index in [9.17, 15) is 15.0 Å². The summed E-state index contributed by atoms with van der Waals surface area (Å²) in [6, 6.07) is 9.96. The van der Waals surface area contributed by atoms with Gasteiger partial charge in [-0.05, 0) is 47.9 Å². The molecule has 6 nitrogen and oxygen atoms in total. The number of ether oxygens (including phenoxy) is 2. The van der Waals surface area contributed by atoms with Crippen molar-refractivity contribution >= 4 is 12.0 Å². The summed E-state index contributed by atoms with van der Waals surface area (Å²) >= 11 is 0. The van der Waals surface area contributed by atoms with E-state index < -0.39 is 0 Å². The van der Waals surface area contributed by atoms with Crippen LogP contribution in [0.5, 0.6) is 23.0 Å². The molecule has 6 heteroatoms. The van der Waals surface area contributed by atoms with Crippen LogP contribution in [-0.2, 0) is 11.2 Å². The second-order valence-electron chi connectivity index (χ2n) is 5.31. The average molecular weight is 343 g/mol. The topological polar surface area (TPSA) is 88.0 Å². The van der Waals surface area contributed by atoms with Crippen molar-refractivity contribution in [3.8, 4) is 23.0 Å². The Bertz CT molecular complexity index is 770. The summed E-state index contributed by atoms with van der Waals surface area (Å²) in [6.07, 6.45) is 3.64. The van der Waals surface area contributed by atoms with Gasteiger partial charge in [-0.3, -0.25) is 4.79 Å². The van der Waals surface area contributed by atoms with Gasteiger partial charge in [-0.15, -0.1) is 0 Å². The van der Waals surface area contributed by atoms with Crippen LogP contribution in [0, 0.1) is 0 Å². The predicted molar refractivity (Wildman–Crippen MR) is 95.1 cm³/mol. The molecule has 0 unspecified atom stereocenters. The van der Waals surface area contributed by atoms with Crippen molar-refractivity contribution in [1.82, 2.24) is 5.32 Å². The van der Waals surface area contributed by atoms with Crippen molar-refractivity contribution in [2.75, 3.05) is 20.8 Å². The Morgan fingerprint density at radius 3 is 2.48 bits per heavy atom. The molecular formula is C19H21NO5. The molecule has 0 aliphatic carbocycles. The number of hydrogen-bond acceptors (Lipinski definition) is 5. The first-order chi connectivity index (χ1) is 12.0. The molecular weight excluding hydrogens is 322 g/mol. The SMILES string of the molecule is COc1ccc(CCNC(=O)/C=C/c2ccc(O)c(OC)c2)cc1O. The number of rotatable bonds is 7. The lowest BCUT2D eigenvalue weighted by Crippen LogP contribution is -2.23. The van der Waals surface area contributed by atoms with Gasteiger partial charge in [0, 0.05) is 12.6 Å². The fourth-order valence-corrected chi connectivity index (χ4v) is 2.25. The Hall–Kier alpha value is -3.15. The number of carbonyl (C=O) groups is 1. The Labute approximate surface area is 146 Å². The summed E-state index contributed by atoms with van der Waals surface area (Å²) < 4.78 is 10.0. The largest absolute Gasteiger partial charge is 0.504 e. The molecule has 25 heavy (non-hydrogen) atoms. The van der Waals surface area contributed by atoms with Crippen LogP contribution in [0.1, 0.15) is 11.1 Å². The van der Waals surface area contributed by atoms with Crippen LogP contribution in [0.2, 0.25) is 0 Å². The van der Waals surface area contributed by atoms with Gasteiger partial charge >= 0.3 is 0 Å². The third kappa shape index (κ3) is 5.17. The lowest BCUT2D eigenvalue weighted by atomic mass is 10.1. The monoisotopic (exact) mass is 343 g/mol. The smallest absolute Gasteiger partial charge is 0.244 e. The fourth-order valence-electron chi connectivity index (χ4n) is 2.25. The molecule has 3 N–H and O–H groups in total. The molecule has 132 valence electrons. The summed E-state index contributed by atoms with van der Waals surface area (Å²) in [7, 11) is 2.96. The van der Waals surface area contributed by atoms with Crippen LogP contribution in [0.4, 0.5) is 0 Å². The van der Waals surface area contributed by atoms with Gasteiger partial charge in [0.25, 0.3) is 0 Å². The van der Waals surface area contributed by atoms with Gasteiger partial charge in [0.05, 0.1) is 14.2 Å². The second-order valence-corrected chi connectivity index (χ2v) is 5.31. The highest BCUT2D eigenvalue weighted by Gasteiger charge is 2.04. The third-order valence-corrected chi connectivity index (χ3v) is 3.59. The lowest BCUT2D eigenvalue weighted by molar-refractivity contribution is -0.116. The molecule has 0 aliphatic heterocycles. The van der Waals surface area contributed by atoms with Gasteiger partial charge in [0.15, 0.2) is 23.0 Å². The van der Waals surface area contributed by atoms with E-state index in [1.54, 1.807) is 30.3 Å². The zero-order valence-corrected chi connectivity index (χ0v) is 14.2. The third-order valence-electron chi connectivity index (χ3n) is 3.59. The van der Waals surface area contributed by atoms with Crippen LogP contribution in [0.25, 0.3) is 6.08 Å². The molecule has 0 aliphatic rings. The van der Waals surface area contributed by atoms with E-state index in [0.29, 0.717) is 24.5 Å². The number of nitrogens with one attached hydrogen (secondary N) is 1. The minimum Gasteiger partial charge on any atom is -0.504 e. The number of aromatic hydroxyl groups is 2. The maximum atomic E-state index is 11.8. The molecule has 0 heterocycles. The van der Waals surface area contributed by atoms with Gasteiger partial charge in [-0.1, -0.05) is 12.1 Å². The number of phenols is 2. The molecule has 0 aromatic heterocycles. The first-order valence-electron chi connectivity index (χ1n) is 7.72. The summed E-state index contributed by atoms with van der Waals surface area (Å²) in [6.45, 7) is 0.438. The van der Waals surface area contributed by atoms with E-state index in [0.717, 1.165) is 11.1 Å². The Morgan fingerprint density at radius 2 is 1.80 bits per heavy atom. The molecule has 2 rings (SSSR count). The molecule has 2 aromatic rings. The van der Waals surface area contributed by atoms with Crippen molar-refractivity contribution < 1.29 is 24.5 Å². The fraction of sp³-hybridized carbons (Fsp3) is 0.211. The maximum absolute atomic E-state index is 11.8. The highest BCUT2D eigenvalue weighted by molar-refractivity contribution is 5.91. The van der Waals surface area contributed by atoms with E-state index in [4.69, 9.17) is 9.47 Å². The molecule has 0 atom stereocenters. The van der Waals surface area contributed by atoms with Crippen molar-refractivity contribution in [3.63, 3.8) is 0 Å². The zero-order chi connectivity index (χ0) is 18.2. The van der Waals surface area contributed by atoms with Crippen LogP contribution in [0.15, 0.2) is 42.5 Å². The molecule has 0 spiro atoms. The molecule has 0 fully saturated rings. The highest BCUT2D eigenvalue weighted by atomic mass is 16.5. The molecule has 0 saturated heterocycles. The van der Waals surface area contributed by atoms with Gasteiger partial charge < -0.3 is 25.0 Å². The quantitative estimate of drug-likeness (QED) is 0.672. The van der Waals surface area contributed by atoms with E-state index in [-0.39, 0.29) is 17.4 Å². The number of amides is 1. The Balaban J connectivity index is 1.85. The maximum Gasteiger partial charge on any atom is 0.244 e. The molecule has 1 amide bonds. The predicted octanol–water partition coefficient (Wildman–Crippen LogP) is 2.49. The number of carbonyl (C=O) groups excluding carboxylic acids is 1. The molecule has 2 aromatic carbocycles. The number of hydrogen-bond donors (Lipinski definition) is 3. The van der Waals surface area contributed by atoms with Crippen molar-refractivity contribution in [3.05, 3.63) is 53.6 Å². The van der Waals surface area contributed by atoms with Gasteiger partial charge in [-0.2, -0.15) is 0 Å².